The number of halogens is 3. The molecular weight excluding hydrogens is 473 g/mol. The summed E-state index contributed by atoms with van der Waals surface area (Å²) in [6, 6.07) is 13.2. The Bertz CT molecular complexity index is 1240. The Labute approximate surface area is 194 Å². The molecule has 34 heavy (non-hydrogen) atoms. The van der Waals surface area contributed by atoms with Gasteiger partial charge in [0, 0.05) is 12.3 Å². The highest BCUT2D eigenvalue weighted by molar-refractivity contribution is 7.89. The van der Waals surface area contributed by atoms with E-state index < -0.39 is 39.7 Å². The first kappa shape index (κ1) is 25.2. The van der Waals surface area contributed by atoms with E-state index in [-0.39, 0.29) is 10.8 Å². The standard InChI is InChI=1S/C23H21F3N2O5S/c1-14(2)21(22(29)30)28-34(31,32)19-10-5-16(6-11-19)15-3-8-18(9-4-15)33-20-12-7-17(13-27-20)23(24,25)26/h3-14,21,28H,1-2H3,(H,29,30)/t21-/m1/s1. The number of carboxylic acid groups (broad SMARTS) is 1. The predicted molar refractivity (Wildman–Crippen MR) is 118 cm³/mol. The number of carbonyl (C=O) groups is 1. The molecule has 0 aliphatic carbocycles. The SMILES string of the molecule is CC(C)[C@@H](NS(=O)(=O)c1ccc(-c2ccc(Oc3ccc(C(F)(F)F)cn3)cc2)cc1)C(=O)O. The normalized spacial score (nSPS) is 13.0. The molecule has 0 aliphatic heterocycles. The predicted octanol–water partition coefficient (Wildman–Crippen LogP) is 4.95. The number of nitrogens with one attached hydrogen (secondary N) is 1. The molecule has 2 N–H and O–H groups in total. The van der Waals surface area contributed by atoms with E-state index in [1.807, 2.05) is 0 Å². The number of hydrogen-bond donors (Lipinski definition) is 2. The number of ether oxygens (including phenoxy) is 1. The van der Waals surface area contributed by atoms with Crippen LogP contribution in [0.1, 0.15) is 19.4 Å². The van der Waals surface area contributed by atoms with Crippen molar-refractivity contribution in [2.75, 3.05) is 0 Å². The van der Waals surface area contributed by atoms with Crippen LogP contribution >= 0.6 is 0 Å². The van der Waals surface area contributed by atoms with E-state index in [4.69, 9.17) is 4.74 Å². The van der Waals surface area contributed by atoms with Gasteiger partial charge in [-0.05, 0) is 47.4 Å². The van der Waals surface area contributed by atoms with Crippen LogP contribution in [0.2, 0.25) is 0 Å². The molecule has 7 nitrogen and oxygen atoms in total. The molecule has 0 unspecified atom stereocenters. The minimum absolute atomic E-state index is 0.00359. The number of alkyl halides is 3. The number of pyridine rings is 1. The number of aliphatic carboxylic acids is 1. The fourth-order valence-corrected chi connectivity index (χ4v) is 4.32. The van der Waals surface area contributed by atoms with E-state index in [0.717, 1.165) is 17.7 Å². The van der Waals surface area contributed by atoms with Crippen LogP contribution in [-0.4, -0.2) is 30.5 Å². The number of rotatable bonds is 8. The Morgan fingerprint density at radius 3 is 1.97 bits per heavy atom. The highest BCUT2D eigenvalue weighted by Gasteiger charge is 2.31. The van der Waals surface area contributed by atoms with Crippen LogP contribution < -0.4 is 9.46 Å². The molecule has 2 aromatic carbocycles. The van der Waals surface area contributed by atoms with Gasteiger partial charge in [-0.25, -0.2) is 13.4 Å². The molecule has 3 aromatic rings. The molecule has 1 aromatic heterocycles. The molecule has 1 heterocycles. The van der Waals surface area contributed by atoms with Gasteiger partial charge in [0.05, 0.1) is 10.5 Å². The topological polar surface area (TPSA) is 106 Å². The van der Waals surface area contributed by atoms with Gasteiger partial charge in [-0.2, -0.15) is 17.9 Å². The molecule has 0 amide bonds. The highest BCUT2D eigenvalue weighted by Crippen LogP contribution is 2.30. The number of sulfonamides is 1. The molecule has 0 radical (unpaired) electrons. The second kappa shape index (κ2) is 9.82. The Kier molecular flexibility index (Phi) is 7.27. The van der Waals surface area contributed by atoms with E-state index in [0.29, 0.717) is 17.5 Å². The minimum Gasteiger partial charge on any atom is -0.480 e. The van der Waals surface area contributed by atoms with Gasteiger partial charge in [0.2, 0.25) is 15.9 Å². The maximum Gasteiger partial charge on any atom is 0.417 e. The molecule has 0 saturated heterocycles. The van der Waals surface area contributed by atoms with Crippen molar-refractivity contribution in [3.05, 3.63) is 72.4 Å². The van der Waals surface area contributed by atoms with Crippen molar-refractivity contribution in [3.8, 4) is 22.8 Å². The smallest absolute Gasteiger partial charge is 0.417 e. The van der Waals surface area contributed by atoms with Gasteiger partial charge in [0.15, 0.2) is 0 Å². The van der Waals surface area contributed by atoms with Crippen molar-refractivity contribution >= 4 is 16.0 Å². The van der Waals surface area contributed by atoms with Crippen molar-refractivity contribution in [3.63, 3.8) is 0 Å². The maximum absolute atomic E-state index is 12.6. The summed E-state index contributed by atoms with van der Waals surface area (Å²) in [6.45, 7) is 3.21. The van der Waals surface area contributed by atoms with Crippen molar-refractivity contribution in [1.29, 1.82) is 0 Å². The zero-order chi connectivity index (χ0) is 25.1. The summed E-state index contributed by atoms with van der Waals surface area (Å²) in [7, 11) is -4.03. The zero-order valence-corrected chi connectivity index (χ0v) is 18.9. The lowest BCUT2D eigenvalue weighted by molar-refractivity contribution is -0.140. The summed E-state index contributed by atoms with van der Waals surface area (Å²) in [6.07, 6.45) is -3.79. The van der Waals surface area contributed by atoms with Gasteiger partial charge in [0.1, 0.15) is 11.8 Å². The van der Waals surface area contributed by atoms with Crippen molar-refractivity contribution in [1.82, 2.24) is 9.71 Å². The average Bonchev–Trinajstić information content (AvgIpc) is 2.77. The zero-order valence-electron chi connectivity index (χ0n) is 18.1. The number of hydrogen-bond acceptors (Lipinski definition) is 5. The fourth-order valence-electron chi connectivity index (χ4n) is 2.98. The second-order valence-corrected chi connectivity index (χ2v) is 9.43. The first-order valence-corrected chi connectivity index (χ1v) is 11.5. The van der Waals surface area contributed by atoms with Crippen LogP contribution in [0.3, 0.4) is 0 Å². The van der Waals surface area contributed by atoms with Crippen LogP contribution in [-0.2, 0) is 21.0 Å². The van der Waals surface area contributed by atoms with Crippen molar-refractivity contribution in [2.45, 2.75) is 31.0 Å². The minimum atomic E-state index is -4.48. The first-order valence-electron chi connectivity index (χ1n) is 10.0. The van der Waals surface area contributed by atoms with E-state index in [1.54, 1.807) is 50.2 Å². The third-order valence-electron chi connectivity index (χ3n) is 4.85. The maximum atomic E-state index is 12.6. The Morgan fingerprint density at radius 2 is 1.53 bits per heavy atom. The first-order chi connectivity index (χ1) is 15.9. The molecular formula is C23H21F3N2O5S. The molecule has 3 rings (SSSR count). The van der Waals surface area contributed by atoms with Crippen LogP contribution in [0.15, 0.2) is 71.8 Å². The van der Waals surface area contributed by atoms with E-state index in [9.17, 15) is 31.5 Å². The van der Waals surface area contributed by atoms with Crippen LogP contribution in [0.4, 0.5) is 13.2 Å². The van der Waals surface area contributed by atoms with Gasteiger partial charge >= 0.3 is 12.1 Å². The Hall–Kier alpha value is -3.44. The van der Waals surface area contributed by atoms with Crippen LogP contribution in [0, 0.1) is 5.92 Å². The molecule has 11 heteroatoms. The third-order valence-corrected chi connectivity index (χ3v) is 6.31. The fraction of sp³-hybridized carbons (Fsp3) is 0.217. The molecule has 0 aliphatic rings. The third kappa shape index (κ3) is 6.12. The Balaban J connectivity index is 1.71. The van der Waals surface area contributed by atoms with Crippen molar-refractivity contribution in [2.24, 2.45) is 5.92 Å². The summed E-state index contributed by atoms with van der Waals surface area (Å²) in [5, 5.41) is 9.22. The number of carboxylic acids is 1. The van der Waals surface area contributed by atoms with Gasteiger partial charge in [-0.1, -0.05) is 38.1 Å². The molecule has 0 spiro atoms. The summed E-state index contributed by atoms with van der Waals surface area (Å²) in [5.41, 5.74) is 0.547. The lowest BCUT2D eigenvalue weighted by Gasteiger charge is -2.18. The number of benzene rings is 2. The molecule has 0 saturated carbocycles. The van der Waals surface area contributed by atoms with Crippen LogP contribution in [0.25, 0.3) is 11.1 Å². The second-order valence-electron chi connectivity index (χ2n) is 7.71. The monoisotopic (exact) mass is 494 g/mol. The van der Waals surface area contributed by atoms with Gasteiger partial charge in [-0.15, -0.1) is 0 Å². The molecule has 0 bridgehead atoms. The van der Waals surface area contributed by atoms with Gasteiger partial charge in [0.25, 0.3) is 0 Å². The lowest BCUT2D eigenvalue weighted by atomic mass is 10.1. The van der Waals surface area contributed by atoms with Crippen LogP contribution in [0.5, 0.6) is 11.6 Å². The summed E-state index contributed by atoms with van der Waals surface area (Å²) in [5.74, 6) is -1.34. The lowest BCUT2D eigenvalue weighted by Crippen LogP contribution is -2.44. The highest BCUT2D eigenvalue weighted by atomic mass is 32.2. The summed E-state index contributed by atoms with van der Waals surface area (Å²) in [4.78, 5) is 14.9. The summed E-state index contributed by atoms with van der Waals surface area (Å²) < 4.78 is 70.6. The Morgan fingerprint density at radius 1 is 0.971 bits per heavy atom. The molecule has 0 fully saturated rings. The molecule has 180 valence electrons. The van der Waals surface area contributed by atoms with E-state index in [2.05, 4.69) is 9.71 Å². The van der Waals surface area contributed by atoms with Gasteiger partial charge < -0.3 is 9.84 Å². The quantitative estimate of drug-likeness (QED) is 0.459. The van der Waals surface area contributed by atoms with Gasteiger partial charge in [-0.3, -0.25) is 4.79 Å². The number of nitrogens with zero attached hydrogens (tertiary/aromatic N) is 1. The van der Waals surface area contributed by atoms with E-state index in [1.165, 1.54) is 12.1 Å². The molecule has 1 atom stereocenters. The average molecular weight is 494 g/mol. The summed E-state index contributed by atoms with van der Waals surface area (Å²) >= 11 is 0. The largest absolute Gasteiger partial charge is 0.480 e. The van der Waals surface area contributed by atoms with E-state index >= 15 is 0 Å². The number of aromatic nitrogens is 1. The van der Waals surface area contributed by atoms with Crippen molar-refractivity contribution < 1.29 is 36.2 Å².